The maximum Gasteiger partial charge on any atom is 0.148 e. The molecule has 0 saturated carbocycles. The number of nitrogens with one attached hydrogen (secondary N) is 1. The van der Waals surface area contributed by atoms with Crippen LogP contribution in [0.2, 0.25) is 0 Å². The zero-order valence-corrected chi connectivity index (χ0v) is 12.3. The first-order chi connectivity index (χ1) is 8.03. The Bertz CT molecular complexity index is 306. The van der Waals surface area contributed by atoms with Crippen LogP contribution in [0.15, 0.2) is 0 Å². The summed E-state index contributed by atoms with van der Waals surface area (Å²) >= 11 is 1.72. The number of hydrogen-bond donors (Lipinski definition) is 1. The third-order valence-electron chi connectivity index (χ3n) is 2.75. The molecular weight excluding hydrogens is 258 g/mol. The molecule has 6 heteroatoms. The number of ether oxygens (including phenoxy) is 1. The highest BCUT2D eigenvalue weighted by Gasteiger charge is 2.25. The van der Waals surface area contributed by atoms with Gasteiger partial charge in [-0.25, -0.2) is 8.42 Å². The number of sulfone groups is 1. The third kappa shape index (κ3) is 6.64. The van der Waals surface area contributed by atoms with Gasteiger partial charge in [0, 0.05) is 29.9 Å². The molecule has 0 spiro atoms. The van der Waals surface area contributed by atoms with Crippen molar-refractivity contribution >= 4 is 21.6 Å². The predicted molar refractivity (Wildman–Crippen MR) is 73.5 cm³/mol. The number of rotatable bonds is 7. The van der Waals surface area contributed by atoms with Gasteiger partial charge in [-0.05, 0) is 19.4 Å². The Morgan fingerprint density at radius 3 is 2.88 bits per heavy atom. The molecule has 2 unspecified atom stereocenters. The van der Waals surface area contributed by atoms with E-state index in [0.717, 1.165) is 32.6 Å². The summed E-state index contributed by atoms with van der Waals surface area (Å²) in [6.45, 7) is 4.71. The van der Waals surface area contributed by atoms with E-state index in [1.54, 1.807) is 11.8 Å². The minimum absolute atomic E-state index is 0.259. The zero-order valence-electron chi connectivity index (χ0n) is 10.6. The monoisotopic (exact) mass is 281 g/mol. The van der Waals surface area contributed by atoms with Crippen molar-refractivity contribution in [2.24, 2.45) is 0 Å². The minimum atomic E-state index is -2.84. The average Bonchev–Trinajstić information content (AvgIpc) is 2.26. The number of thioether (sulfide) groups is 1. The summed E-state index contributed by atoms with van der Waals surface area (Å²) in [5, 5.41) is 3.90. The first kappa shape index (κ1) is 15.3. The smallest absolute Gasteiger partial charge is 0.148 e. The van der Waals surface area contributed by atoms with E-state index in [9.17, 15) is 8.42 Å². The van der Waals surface area contributed by atoms with E-state index in [2.05, 4.69) is 12.2 Å². The lowest BCUT2D eigenvalue weighted by atomic mass is 10.1. The predicted octanol–water partition coefficient (Wildman–Crippen LogP) is 0.921. The quantitative estimate of drug-likeness (QED) is 0.752. The molecule has 0 amide bonds. The molecule has 1 saturated heterocycles. The molecular formula is C11H23NO3S2. The van der Waals surface area contributed by atoms with Crippen molar-refractivity contribution < 1.29 is 13.2 Å². The Labute approximate surface area is 109 Å². The fraction of sp³-hybridized carbons (Fsp3) is 1.00. The van der Waals surface area contributed by atoms with Gasteiger partial charge in [0.15, 0.2) is 0 Å². The van der Waals surface area contributed by atoms with Crippen molar-refractivity contribution in [3.05, 3.63) is 0 Å². The van der Waals surface area contributed by atoms with Crippen molar-refractivity contribution in [3.8, 4) is 0 Å². The van der Waals surface area contributed by atoms with E-state index in [0.29, 0.717) is 17.0 Å². The van der Waals surface area contributed by atoms with Crippen LogP contribution in [0.25, 0.3) is 0 Å². The minimum Gasteiger partial charge on any atom is -0.380 e. The first-order valence-electron chi connectivity index (χ1n) is 6.13. The Kier molecular flexibility index (Phi) is 6.84. The highest BCUT2D eigenvalue weighted by Crippen LogP contribution is 2.21. The van der Waals surface area contributed by atoms with Crippen LogP contribution in [0.5, 0.6) is 0 Å². The Balaban J connectivity index is 2.32. The van der Waals surface area contributed by atoms with Crippen LogP contribution >= 0.6 is 11.8 Å². The lowest BCUT2D eigenvalue weighted by Crippen LogP contribution is -2.45. The molecule has 0 aromatic rings. The summed E-state index contributed by atoms with van der Waals surface area (Å²) in [6, 6.07) is 0.466. The van der Waals surface area contributed by atoms with Gasteiger partial charge in [0.2, 0.25) is 0 Å². The maximum atomic E-state index is 11.1. The van der Waals surface area contributed by atoms with Crippen LogP contribution in [-0.4, -0.2) is 57.2 Å². The Morgan fingerprint density at radius 1 is 1.47 bits per heavy atom. The van der Waals surface area contributed by atoms with Gasteiger partial charge in [0.1, 0.15) is 9.84 Å². The maximum absolute atomic E-state index is 11.1. The van der Waals surface area contributed by atoms with Crippen LogP contribution in [0.1, 0.15) is 19.8 Å². The van der Waals surface area contributed by atoms with Crippen molar-refractivity contribution in [1.29, 1.82) is 0 Å². The third-order valence-corrected chi connectivity index (χ3v) is 5.28. The Hall–Kier alpha value is 0.220. The van der Waals surface area contributed by atoms with Gasteiger partial charge in [-0.15, -0.1) is 0 Å². The van der Waals surface area contributed by atoms with E-state index in [4.69, 9.17) is 4.74 Å². The fourth-order valence-electron chi connectivity index (χ4n) is 1.79. The molecule has 1 heterocycles. The van der Waals surface area contributed by atoms with Crippen LogP contribution in [0.4, 0.5) is 0 Å². The zero-order chi connectivity index (χ0) is 12.7. The Morgan fingerprint density at radius 2 is 2.24 bits per heavy atom. The van der Waals surface area contributed by atoms with Gasteiger partial charge < -0.3 is 10.1 Å². The molecule has 1 aliphatic heterocycles. The summed E-state index contributed by atoms with van der Waals surface area (Å²) < 4.78 is 27.6. The van der Waals surface area contributed by atoms with Crippen molar-refractivity contribution in [2.45, 2.75) is 31.1 Å². The van der Waals surface area contributed by atoms with Crippen LogP contribution < -0.4 is 5.32 Å². The molecule has 2 atom stereocenters. The van der Waals surface area contributed by atoms with Crippen LogP contribution in [0, 0.1) is 0 Å². The second-order valence-corrected chi connectivity index (χ2v) is 8.07. The molecule has 0 aliphatic carbocycles. The second kappa shape index (κ2) is 7.61. The summed E-state index contributed by atoms with van der Waals surface area (Å²) in [5.74, 6) is 0.922. The molecule has 4 nitrogen and oxygen atoms in total. The first-order valence-corrected chi connectivity index (χ1v) is 9.24. The van der Waals surface area contributed by atoms with Crippen LogP contribution in [0.3, 0.4) is 0 Å². The summed E-state index contributed by atoms with van der Waals surface area (Å²) in [5.41, 5.74) is 0. The molecule has 1 N–H and O–H groups in total. The lowest BCUT2D eigenvalue weighted by molar-refractivity contribution is 0.0833. The number of hydrogen-bond acceptors (Lipinski definition) is 5. The molecule has 17 heavy (non-hydrogen) atoms. The van der Waals surface area contributed by atoms with Crippen molar-refractivity contribution in [3.63, 3.8) is 0 Å². The van der Waals surface area contributed by atoms with E-state index in [1.165, 1.54) is 6.26 Å². The second-order valence-electron chi connectivity index (χ2n) is 4.46. The summed E-state index contributed by atoms with van der Waals surface area (Å²) in [4.78, 5) is 0. The van der Waals surface area contributed by atoms with Crippen LogP contribution in [-0.2, 0) is 14.6 Å². The van der Waals surface area contributed by atoms with Gasteiger partial charge in [0.05, 0.1) is 12.4 Å². The normalized spacial score (nSPS) is 26.0. The highest BCUT2D eigenvalue weighted by atomic mass is 32.2. The van der Waals surface area contributed by atoms with Gasteiger partial charge in [-0.2, -0.15) is 11.8 Å². The van der Waals surface area contributed by atoms with Gasteiger partial charge >= 0.3 is 0 Å². The lowest BCUT2D eigenvalue weighted by Gasteiger charge is -2.31. The van der Waals surface area contributed by atoms with Crippen molar-refractivity contribution in [2.75, 3.05) is 37.5 Å². The van der Waals surface area contributed by atoms with E-state index < -0.39 is 9.84 Å². The molecule has 1 rings (SSSR count). The largest absolute Gasteiger partial charge is 0.380 e. The van der Waals surface area contributed by atoms with E-state index >= 15 is 0 Å². The standard InChI is InChI=1S/C11H23NO3S2/c1-3-5-12-10-4-6-15-9-11(10)16-7-8-17(2,13)14/h10-12H,3-9H2,1-2H3. The molecule has 0 aromatic heterocycles. The molecule has 0 aromatic carbocycles. The molecule has 0 radical (unpaired) electrons. The summed E-state index contributed by atoms with van der Waals surface area (Å²) in [7, 11) is -2.84. The van der Waals surface area contributed by atoms with E-state index in [1.807, 2.05) is 0 Å². The molecule has 0 bridgehead atoms. The van der Waals surface area contributed by atoms with Gasteiger partial charge in [-0.1, -0.05) is 6.92 Å². The van der Waals surface area contributed by atoms with Crippen molar-refractivity contribution in [1.82, 2.24) is 5.32 Å². The molecule has 102 valence electrons. The molecule has 1 aliphatic rings. The highest BCUT2D eigenvalue weighted by molar-refractivity contribution is 8.01. The van der Waals surface area contributed by atoms with Gasteiger partial charge in [0.25, 0.3) is 0 Å². The molecule has 1 fully saturated rings. The van der Waals surface area contributed by atoms with E-state index in [-0.39, 0.29) is 5.75 Å². The average molecular weight is 281 g/mol. The summed E-state index contributed by atoms with van der Waals surface area (Å²) in [6.07, 6.45) is 3.44. The SMILES string of the molecule is CCCNC1CCOCC1SCCS(C)(=O)=O. The topological polar surface area (TPSA) is 55.4 Å². The van der Waals surface area contributed by atoms with Gasteiger partial charge in [-0.3, -0.25) is 0 Å². The fourth-order valence-corrected chi connectivity index (χ4v) is 4.35.